The molecule has 1 aliphatic rings. The molecule has 4 nitrogen and oxygen atoms in total. The molecule has 1 aliphatic heterocycles. The van der Waals surface area contributed by atoms with Crippen molar-refractivity contribution in [3.63, 3.8) is 0 Å². The number of carbonyl (C=O) groups is 2. The minimum atomic E-state index is -0.733. The number of nitrogens with one attached hydrogen (secondary N) is 1. The molecule has 1 saturated heterocycles. The van der Waals surface area contributed by atoms with Gasteiger partial charge in [0.25, 0.3) is 11.7 Å². The van der Waals surface area contributed by atoms with Crippen molar-refractivity contribution in [2.45, 2.75) is 6.04 Å². The smallest absolute Gasteiger partial charge is 0.293 e. The summed E-state index contributed by atoms with van der Waals surface area (Å²) in [4.78, 5) is 24.0. The Morgan fingerprint density at radius 2 is 1.65 bits per heavy atom. The van der Waals surface area contributed by atoms with E-state index in [-0.39, 0.29) is 11.3 Å². The van der Waals surface area contributed by atoms with E-state index in [1.54, 1.807) is 48.5 Å². The second-order valence-corrected chi connectivity index (χ2v) is 6.41. The van der Waals surface area contributed by atoms with E-state index in [0.29, 0.717) is 16.1 Å². The van der Waals surface area contributed by atoms with Crippen LogP contribution < -0.4 is 5.32 Å². The van der Waals surface area contributed by atoms with Crippen molar-refractivity contribution >= 4 is 45.0 Å². The SMILES string of the molecule is O=C1N[C@H](c2ccc(Cl)cc2)/C(=C(\O)c2ccc(Br)cc2)C1=O. The van der Waals surface area contributed by atoms with Crippen molar-refractivity contribution in [1.82, 2.24) is 5.32 Å². The number of aliphatic hydroxyl groups is 1. The van der Waals surface area contributed by atoms with Crippen molar-refractivity contribution in [3.05, 3.63) is 74.7 Å². The summed E-state index contributed by atoms with van der Waals surface area (Å²) in [6.07, 6.45) is 0. The molecule has 2 N–H and O–H groups in total. The van der Waals surface area contributed by atoms with E-state index in [9.17, 15) is 14.7 Å². The zero-order valence-electron chi connectivity index (χ0n) is 11.7. The first-order valence-corrected chi connectivity index (χ1v) is 7.94. The van der Waals surface area contributed by atoms with Crippen LogP contribution in [0.15, 0.2) is 58.6 Å². The van der Waals surface area contributed by atoms with Gasteiger partial charge in [-0.15, -0.1) is 0 Å². The number of amides is 1. The Labute approximate surface area is 145 Å². The van der Waals surface area contributed by atoms with Gasteiger partial charge < -0.3 is 10.4 Å². The van der Waals surface area contributed by atoms with Crippen LogP contribution in [0.25, 0.3) is 5.76 Å². The molecule has 23 heavy (non-hydrogen) atoms. The molecule has 0 unspecified atom stereocenters. The van der Waals surface area contributed by atoms with Gasteiger partial charge in [-0.25, -0.2) is 0 Å². The fourth-order valence-electron chi connectivity index (χ4n) is 2.43. The molecule has 0 spiro atoms. The number of Topliss-reactive ketones (excluding diaryl/α,β-unsaturated/α-hetero) is 1. The Hall–Kier alpha value is -2.11. The van der Waals surface area contributed by atoms with E-state index in [1.165, 1.54) is 0 Å². The van der Waals surface area contributed by atoms with Crippen molar-refractivity contribution in [2.75, 3.05) is 0 Å². The number of carbonyl (C=O) groups excluding carboxylic acids is 2. The molecular formula is C17H11BrClNO3. The van der Waals surface area contributed by atoms with Crippen LogP contribution in [0.1, 0.15) is 17.2 Å². The quantitative estimate of drug-likeness (QED) is 0.464. The van der Waals surface area contributed by atoms with Gasteiger partial charge in [-0.2, -0.15) is 0 Å². The number of aliphatic hydroxyl groups excluding tert-OH is 1. The highest BCUT2D eigenvalue weighted by atomic mass is 79.9. The first-order valence-electron chi connectivity index (χ1n) is 6.77. The number of hydrogen-bond acceptors (Lipinski definition) is 3. The van der Waals surface area contributed by atoms with E-state index in [0.717, 1.165) is 4.47 Å². The molecule has 1 amide bonds. The number of rotatable bonds is 2. The summed E-state index contributed by atoms with van der Waals surface area (Å²) >= 11 is 9.18. The third-order valence-corrected chi connectivity index (χ3v) is 4.37. The highest BCUT2D eigenvalue weighted by Gasteiger charge is 2.39. The zero-order chi connectivity index (χ0) is 16.6. The Morgan fingerprint density at radius 3 is 2.26 bits per heavy atom. The second-order valence-electron chi connectivity index (χ2n) is 5.06. The fourth-order valence-corrected chi connectivity index (χ4v) is 2.83. The molecule has 0 bridgehead atoms. The molecule has 0 aromatic heterocycles. The van der Waals surface area contributed by atoms with Crippen LogP contribution >= 0.6 is 27.5 Å². The van der Waals surface area contributed by atoms with Crippen LogP contribution in [0, 0.1) is 0 Å². The van der Waals surface area contributed by atoms with E-state index in [2.05, 4.69) is 21.2 Å². The van der Waals surface area contributed by atoms with Crippen molar-refractivity contribution in [3.8, 4) is 0 Å². The lowest BCUT2D eigenvalue weighted by Gasteiger charge is -2.13. The van der Waals surface area contributed by atoms with Gasteiger partial charge in [0.05, 0.1) is 11.6 Å². The predicted octanol–water partition coefficient (Wildman–Crippen LogP) is 3.81. The minimum Gasteiger partial charge on any atom is -0.507 e. The highest BCUT2D eigenvalue weighted by Crippen LogP contribution is 2.33. The number of benzene rings is 2. The van der Waals surface area contributed by atoms with Gasteiger partial charge in [-0.3, -0.25) is 9.59 Å². The fraction of sp³-hybridized carbons (Fsp3) is 0.0588. The highest BCUT2D eigenvalue weighted by molar-refractivity contribution is 9.10. The Kier molecular flexibility index (Phi) is 4.24. The van der Waals surface area contributed by atoms with Crippen LogP contribution in [0.2, 0.25) is 5.02 Å². The third-order valence-electron chi connectivity index (χ3n) is 3.59. The second kappa shape index (κ2) is 6.18. The van der Waals surface area contributed by atoms with Crippen molar-refractivity contribution < 1.29 is 14.7 Å². The normalized spacial score (nSPS) is 19.7. The largest absolute Gasteiger partial charge is 0.507 e. The summed E-state index contributed by atoms with van der Waals surface area (Å²) in [5, 5.41) is 13.7. The summed E-state index contributed by atoms with van der Waals surface area (Å²) in [7, 11) is 0. The van der Waals surface area contributed by atoms with E-state index in [4.69, 9.17) is 11.6 Å². The minimum absolute atomic E-state index is 0.0413. The monoisotopic (exact) mass is 391 g/mol. The molecule has 3 rings (SSSR count). The van der Waals surface area contributed by atoms with Gasteiger partial charge in [0.2, 0.25) is 0 Å². The van der Waals surface area contributed by atoms with Gasteiger partial charge in [0.1, 0.15) is 5.76 Å². The maximum absolute atomic E-state index is 12.2. The zero-order valence-corrected chi connectivity index (χ0v) is 14.1. The standard InChI is InChI=1S/C17H11BrClNO3/c18-11-5-1-10(2-6-11)15(21)13-14(20-17(23)16(13)22)9-3-7-12(19)8-4-9/h1-8,14,21H,(H,20,23)/b15-13+/t14-/m1/s1. The lowest BCUT2D eigenvalue weighted by Crippen LogP contribution is -2.21. The summed E-state index contributed by atoms with van der Waals surface area (Å²) in [5.41, 5.74) is 1.18. The maximum atomic E-state index is 12.2. The van der Waals surface area contributed by atoms with Crippen LogP contribution in [0.4, 0.5) is 0 Å². The number of hydrogen-bond donors (Lipinski definition) is 2. The third kappa shape index (κ3) is 3.02. The lowest BCUT2D eigenvalue weighted by molar-refractivity contribution is -0.133. The summed E-state index contributed by atoms with van der Waals surface area (Å²) in [6, 6.07) is 12.9. The van der Waals surface area contributed by atoms with Crippen LogP contribution in [0.5, 0.6) is 0 Å². The van der Waals surface area contributed by atoms with E-state index >= 15 is 0 Å². The predicted molar refractivity (Wildman–Crippen MR) is 91.0 cm³/mol. The Morgan fingerprint density at radius 1 is 1.04 bits per heavy atom. The van der Waals surface area contributed by atoms with Crippen LogP contribution in [0.3, 0.4) is 0 Å². The Bertz CT molecular complexity index is 813. The molecule has 116 valence electrons. The molecule has 6 heteroatoms. The molecule has 2 aromatic rings. The maximum Gasteiger partial charge on any atom is 0.293 e. The van der Waals surface area contributed by atoms with Crippen LogP contribution in [-0.2, 0) is 9.59 Å². The van der Waals surface area contributed by atoms with Gasteiger partial charge in [0, 0.05) is 15.1 Å². The number of ketones is 1. The number of halogens is 2. The van der Waals surface area contributed by atoms with Gasteiger partial charge >= 0.3 is 0 Å². The topological polar surface area (TPSA) is 66.4 Å². The van der Waals surface area contributed by atoms with Gasteiger partial charge in [-0.1, -0.05) is 51.8 Å². The van der Waals surface area contributed by atoms with Gasteiger partial charge in [-0.05, 0) is 29.8 Å². The Balaban J connectivity index is 2.10. The van der Waals surface area contributed by atoms with Crippen molar-refractivity contribution in [2.24, 2.45) is 0 Å². The van der Waals surface area contributed by atoms with E-state index in [1.807, 2.05) is 0 Å². The average Bonchev–Trinajstić information content (AvgIpc) is 2.84. The summed E-state index contributed by atoms with van der Waals surface area (Å²) in [6.45, 7) is 0. The van der Waals surface area contributed by atoms with Gasteiger partial charge in [0.15, 0.2) is 0 Å². The average molecular weight is 393 g/mol. The summed E-state index contributed by atoms with van der Waals surface area (Å²) in [5.74, 6) is -1.67. The van der Waals surface area contributed by atoms with E-state index < -0.39 is 17.7 Å². The van der Waals surface area contributed by atoms with Crippen molar-refractivity contribution in [1.29, 1.82) is 0 Å². The lowest BCUT2D eigenvalue weighted by atomic mass is 9.96. The first-order chi connectivity index (χ1) is 11.0. The van der Waals surface area contributed by atoms with Crippen LogP contribution in [-0.4, -0.2) is 16.8 Å². The molecule has 0 radical (unpaired) electrons. The molecule has 0 aliphatic carbocycles. The summed E-state index contributed by atoms with van der Waals surface area (Å²) < 4.78 is 0.847. The molecular weight excluding hydrogens is 382 g/mol. The molecule has 0 saturated carbocycles. The molecule has 1 fully saturated rings. The molecule has 2 aromatic carbocycles. The molecule has 1 heterocycles. The first kappa shape index (κ1) is 15.8. The molecule has 1 atom stereocenters.